The summed E-state index contributed by atoms with van der Waals surface area (Å²) in [4.78, 5) is 13.1. The van der Waals surface area contributed by atoms with Crippen LogP contribution >= 0.6 is 0 Å². The fraction of sp³-hybridized carbons (Fsp3) is 0.182. The van der Waals surface area contributed by atoms with Gasteiger partial charge in [-0.15, -0.1) is 6.58 Å². The fourth-order valence-corrected chi connectivity index (χ4v) is 1.67. The van der Waals surface area contributed by atoms with Gasteiger partial charge in [-0.2, -0.15) is 0 Å². The van der Waals surface area contributed by atoms with Gasteiger partial charge in [0.25, 0.3) is 5.91 Å². The topological polar surface area (TPSA) is 40.5 Å². The third kappa shape index (κ3) is 1.14. The standard InChI is InChI=1S/C11H11NO2/c1-2-7-12-10(13)8-5-3-4-6-9(8)11(12)14/h2-6,10,13H,1,7H2. The van der Waals surface area contributed by atoms with Crippen LogP contribution < -0.4 is 0 Å². The minimum absolute atomic E-state index is 0.131. The number of rotatable bonds is 2. The molecule has 0 bridgehead atoms. The van der Waals surface area contributed by atoms with Crippen molar-refractivity contribution in [3.8, 4) is 0 Å². The summed E-state index contributed by atoms with van der Waals surface area (Å²) in [5.74, 6) is -0.131. The summed E-state index contributed by atoms with van der Waals surface area (Å²) in [5, 5.41) is 9.80. The Bertz CT molecular complexity index is 387. The van der Waals surface area contributed by atoms with Crippen molar-refractivity contribution in [3.63, 3.8) is 0 Å². The van der Waals surface area contributed by atoms with E-state index in [0.717, 1.165) is 0 Å². The molecule has 14 heavy (non-hydrogen) atoms. The number of aliphatic hydroxyl groups excluding tert-OH is 1. The molecule has 0 aliphatic carbocycles. The number of carbonyl (C=O) groups is 1. The molecule has 1 N–H and O–H groups in total. The molecule has 0 fully saturated rings. The van der Waals surface area contributed by atoms with Crippen LogP contribution in [0.25, 0.3) is 0 Å². The number of amides is 1. The number of fused-ring (bicyclic) bond motifs is 1. The van der Waals surface area contributed by atoms with Crippen LogP contribution in [0.4, 0.5) is 0 Å². The molecule has 0 spiro atoms. The lowest BCUT2D eigenvalue weighted by Crippen LogP contribution is -2.27. The lowest BCUT2D eigenvalue weighted by atomic mass is 10.1. The van der Waals surface area contributed by atoms with E-state index in [-0.39, 0.29) is 5.91 Å². The Morgan fingerprint density at radius 1 is 1.50 bits per heavy atom. The molecule has 1 atom stereocenters. The maximum Gasteiger partial charge on any atom is 0.256 e. The van der Waals surface area contributed by atoms with Crippen molar-refractivity contribution in [2.45, 2.75) is 6.23 Å². The van der Waals surface area contributed by atoms with E-state index >= 15 is 0 Å². The first-order valence-electron chi connectivity index (χ1n) is 4.44. The second kappa shape index (κ2) is 3.27. The first kappa shape index (κ1) is 8.97. The Morgan fingerprint density at radius 3 is 2.86 bits per heavy atom. The lowest BCUT2D eigenvalue weighted by Gasteiger charge is -2.18. The van der Waals surface area contributed by atoms with Gasteiger partial charge >= 0.3 is 0 Å². The maximum atomic E-state index is 11.7. The first-order chi connectivity index (χ1) is 6.75. The van der Waals surface area contributed by atoms with Gasteiger partial charge in [0.05, 0.1) is 0 Å². The Hall–Kier alpha value is -1.61. The number of nitrogens with zero attached hydrogens (tertiary/aromatic N) is 1. The minimum Gasteiger partial charge on any atom is -0.369 e. The van der Waals surface area contributed by atoms with Crippen molar-refractivity contribution in [2.75, 3.05) is 6.54 Å². The van der Waals surface area contributed by atoms with Gasteiger partial charge < -0.3 is 10.0 Å². The molecule has 2 rings (SSSR count). The highest BCUT2D eigenvalue weighted by Gasteiger charge is 2.33. The van der Waals surface area contributed by atoms with Crippen LogP contribution in [0, 0.1) is 0 Å². The molecule has 0 saturated heterocycles. The molecule has 1 aromatic rings. The van der Waals surface area contributed by atoms with Crippen LogP contribution in [0.5, 0.6) is 0 Å². The molecule has 3 nitrogen and oxygen atoms in total. The predicted molar refractivity (Wildman–Crippen MR) is 52.6 cm³/mol. The summed E-state index contributed by atoms with van der Waals surface area (Å²) in [5.41, 5.74) is 1.27. The van der Waals surface area contributed by atoms with Crippen LogP contribution in [-0.4, -0.2) is 22.5 Å². The highest BCUT2D eigenvalue weighted by Crippen LogP contribution is 2.30. The third-order valence-corrected chi connectivity index (χ3v) is 2.35. The molecule has 1 heterocycles. The highest BCUT2D eigenvalue weighted by atomic mass is 16.3. The van der Waals surface area contributed by atoms with E-state index in [1.165, 1.54) is 4.90 Å². The van der Waals surface area contributed by atoms with Gasteiger partial charge in [0.1, 0.15) is 0 Å². The average Bonchev–Trinajstić information content (AvgIpc) is 2.45. The quantitative estimate of drug-likeness (QED) is 0.713. The second-order valence-corrected chi connectivity index (χ2v) is 3.21. The fourth-order valence-electron chi connectivity index (χ4n) is 1.67. The van der Waals surface area contributed by atoms with Gasteiger partial charge in [0.2, 0.25) is 0 Å². The summed E-state index contributed by atoms with van der Waals surface area (Å²) >= 11 is 0. The molecular weight excluding hydrogens is 178 g/mol. The number of hydrogen-bond acceptors (Lipinski definition) is 2. The smallest absolute Gasteiger partial charge is 0.256 e. The van der Waals surface area contributed by atoms with Crippen molar-refractivity contribution in [1.29, 1.82) is 0 Å². The SMILES string of the molecule is C=CCN1C(=O)c2ccccc2C1O. The van der Waals surface area contributed by atoms with E-state index in [1.54, 1.807) is 24.3 Å². The van der Waals surface area contributed by atoms with Crippen molar-refractivity contribution in [1.82, 2.24) is 4.90 Å². The Kier molecular flexibility index (Phi) is 2.09. The molecular formula is C11H11NO2. The maximum absolute atomic E-state index is 11.7. The van der Waals surface area contributed by atoms with Crippen LogP contribution in [0.1, 0.15) is 22.1 Å². The number of benzene rings is 1. The molecule has 1 aliphatic rings. The number of hydrogen-bond donors (Lipinski definition) is 1. The summed E-state index contributed by atoms with van der Waals surface area (Å²) in [6.45, 7) is 3.92. The van der Waals surface area contributed by atoms with Crippen LogP contribution in [0.2, 0.25) is 0 Å². The van der Waals surface area contributed by atoms with E-state index in [2.05, 4.69) is 6.58 Å². The minimum atomic E-state index is -0.822. The molecule has 1 aliphatic heterocycles. The average molecular weight is 189 g/mol. The van der Waals surface area contributed by atoms with Gasteiger partial charge in [-0.05, 0) is 6.07 Å². The normalized spacial score (nSPS) is 19.6. The summed E-state index contributed by atoms with van der Waals surface area (Å²) in [6.07, 6.45) is 0.782. The van der Waals surface area contributed by atoms with Gasteiger partial charge in [-0.1, -0.05) is 24.3 Å². The molecule has 0 radical (unpaired) electrons. The molecule has 3 heteroatoms. The van der Waals surface area contributed by atoms with E-state index in [9.17, 15) is 9.90 Å². The highest BCUT2D eigenvalue weighted by molar-refractivity contribution is 5.98. The summed E-state index contributed by atoms with van der Waals surface area (Å²) in [6, 6.07) is 7.10. The zero-order chi connectivity index (χ0) is 10.1. The van der Waals surface area contributed by atoms with E-state index in [4.69, 9.17) is 0 Å². The van der Waals surface area contributed by atoms with Gasteiger partial charge in [0, 0.05) is 17.7 Å². The number of aliphatic hydroxyl groups is 1. The monoisotopic (exact) mass is 189 g/mol. The zero-order valence-electron chi connectivity index (χ0n) is 7.68. The van der Waals surface area contributed by atoms with Crippen LogP contribution in [0.3, 0.4) is 0 Å². The van der Waals surface area contributed by atoms with Crippen LogP contribution in [0.15, 0.2) is 36.9 Å². The second-order valence-electron chi connectivity index (χ2n) is 3.21. The third-order valence-electron chi connectivity index (χ3n) is 2.35. The van der Waals surface area contributed by atoms with Crippen molar-refractivity contribution in [3.05, 3.63) is 48.0 Å². The van der Waals surface area contributed by atoms with E-state index in [0.29, 0.717) is 17.7 Å². The largest absolute Gasteiger partial charge is 0.369 e. The molecule has 0 saturated carbocycles. The van der Waals surface area contributed by atoms with Crippen LogP contribution in [-0.2, 0) is 0 Å². The van der Waals surface area contributed by atoms with Gasteiger partial charge in [0.15, 0.2) is 6.23 Å². The number of carbonyl (C=O) groups excluding carboxylic acids is 1. The van der Waals surface area contributed by atoms with Crippen molar-refractivity contribution >= 4 is 5.91 Å². The van der Waals surface area contributed by atoms with E-state index < -0.39 is 6.23 Å². The van der Waals surface area contributed by atoms with Crippen molar-refractivity contribution < 1.29 is 9.90 Å². The molecule has 1 aromatic carbocycles. The molecule has 72 valence electrons. The Balaban J connectivity index is 2.42. The summed E-state index contributed by atoms with van der Waals surface area (Å²) < 4.78 is 0. The van der Waals surface area contributed by atoms with Crippen molar-refractivity contribution in [2.24, 2.45) is 0 Å². The summed E-state index contributed by atoms with van der Waals surface area (Å²) in [7, 11) is 0. The van der Waals surface area contributed by atoms with Gasteiger partial charge in [-0.25, -0.2) is 0 Å². The predicted octanol–water partition coefficient (Wildman–Crippen LogP) is 1.32. The Morgan fingerprint density at radius 2 is 2.21 bits per heavy atom. The molecule has 1 unspecified atom stereocenters. The lowest BCUT2D eigenvalue weighted by molar-refractivity contribution is 0.0232. The molecule has 1 amide bonds. The first-order valence-corrected chi connectivity index (χ1v) is 4.44. The Labute approximate surface area is 82.3 Å². The van der Waals surface area contributed by atoms with E-state index in [1.807, 2.05) is 6.07 Å². The van der Waals surface area contributed by atoms with Gasteiger partial charge in [-0.3, -0.25) is 4.79 Å². The molecule has 0 aromatic heterocycles. The zero-order valence-corrected chi connectivity index (χ0v) is 7.68.